The minimum atomic E-state index is -3.06. The lowest BCUT2D eigenvalue weighted by Gasteiger charge is -2.22. The average Bonchev–Trinajstić information content (AvgIpc) is 2.92. The molecule has 0 spiro atoms. The molecule has 1 aliphatic rings. The van der Waals surface area contributed by atoms with Gasteiger partial charge in [0.2, 0.25) is 0 Å². The second-order valence-electron chi connectivity index (χ2n) is 5.96. The molecule has 0 radical (unpaired) electrons. The number of amides is 1. The normalized spacial score (nSPS) is 24.3. The van der Waals surface area contributed by atoms with Gasteiger partial charge in [-0.2, -0.15) is 0 Å². The maximum Gasteiger partial charge on any atom is 0.287 e. The Bertz CT molecular complexity index is 821. The fraction of sp³-hybridized carbons (Fsp3) is 0.400. The van der Waals surface area contributed by atoms with Gasteiger partial charge in [-0.15, -0.1) is 0 Å². The number of furan rings is 1. The monoisotopic (exact) mass is 307 g/mol. The molecule has 1 aromatic heterocycles. The molecule has 1 aromatic carbocycles. The number of fused-ring (bicyclic) bond motifs is 1. The summed E-state index contributed by atoms with van der Waals surface area (Å²) in [5.41, 5.74) is 0.928. The zero-order chi connectivity index (χ0) is 15.3. The van der Waals surface area contributed by atoms with Crippen LogP contribution in [0.1, 0.15) is 29.5 Å². The van der Waals surface area contributed by atoms with Crippen molar-refractivity contribution in [2.24, 2.45) is 0 Å². The number of sulfone groups is 1. The predicted molar refractivity (Wildman–Crippen MR) is 80.1 cm³/mol. The zero-order valence-corrected chi connectivity index (χ0v) is 12.8. The Morgan fingerprint density at radius 2 is 2.14 bits per heavy atom. The molecule has 1 saturated heterocycles. The summed E-state index contributed by atoms with van der Waals surface area (Å²) in [6, 6.07) is 7.38. The van der Waals surface area contributed by atoms with Crippen LogP contribution in [0.2, 0.25) is 0 Å². The first kappa shape index (κ1) is 14.1. The van der Waals surface area contributed by atoms with E-state index in [1.54, 1.807) is 13.0 Å². The van der Waals surface area contributed by atoms with Crippen LogP contribution in [0.5, 0.6) is 0 Å². The highest BCUT2D eigenvalue weighted by molar-refractivity contribution is 7.91. The molecule has 1 fully saturated rings. The first-order valence-electron chi connectivity index (χ1n) is 6.80. The molecule has 1 atom stereocenters. The summed E-state index contributed by atoms with van der Waals surface area (Å²) in [4.78, 5) is 12.3. The van der Waals surface area contributed by atoms with Crippen molar-refractivity contribution in [1.29, 1.82) is 0 Å². The van der Waals surface area contributed by atoms with E-state index in [1.165, 1.54) is 0 Å². The Morgan fingerprint density at radius 1 is 1.38 bits per heavy atom. The fourth-order valence-corrected chi connectivity index (χ4v) is 4.86. The van der Waals surface area contributed by atoms with Crippen LogP contribution in [-0.4, -0.2) is 31.4 Å². The Labute approximate surface area is 123 Å². The predicted octanol–water partition coefficient (Wildman–Crippen LogP) is 2.05. The van der Waals surface area contributed by atoms with Crippen LogP contribution in [0.15, 0.2) is 28.7 Å². The molecule has 6 heteroatoms. The lowest BCUT2D eigenvalue weighted by molar-refractivity contribution is 0.0889. The molecule has 0 aliphatic carbocycles. The number of aryl methyl sites for hydroxylation is 1. The molecule has 0 saturated carbocycles. The topological polar surface area (TPSA) is 76.4 Å². The summed E-state index contributed by atoms with van der Waals surface area (Å²) in [6.45, 7) is 3.67. The standard InChI is InChI=1S/C15H17NO4S/c1-10-4-3-5-11-8-12(20-13(10)11)14(17)16-15(2)6-7-21(18,19)9-15/h3-5,8H,6-7,9H2,1-2H3,(H,16,17). The molecule has 3 rings (SSSR count). The van der Waals surface area contributed by atoms with Gasteiger partial charge in [0.15, 0.2) is 15.6 Å². The Balaban J connectivity index is 1.86. The molecule has 1 unspecified atom stereocenters. The molecule has 2 aromatic rings. The summed E-state index contributed by atoms with van der Waals surface area (Å²) >= 11 is 0. The lowest BCUT2D eigenvalue weighted by atomic mass is 10.0. The molecule has 2 heterocycles. The SMILES string of the molecule is Cc1cccc2cc(C(=O)NC3(C)CCS(=O)(=O)C3)oc12. The first-order valence-corrected chi connectivity index (χ1v) is 8.62. The molecule has 21 heavy (non-hydrogen) atoms. The van der Waals surface area contributed by atoms with Crippen molar-refractivity contribution in [2.45, 2.75) is 25.8 Å². The molecule has 1 aliphatic heterocycles. The quantitative estimate of drug-likeness (QED) is 0.921. The Kier molecular flexibility index (Phi) is 3.09. The van der Waals surface area contributed by atoms with Crippen molar-refractivity contribution in [1.82, 2.24) is 5.32 Å². The smallest absolute Gasteiger partial charge is 0.287 e. The molecule has 1 amide bonds. The molecule has 112 valence electrons. The van der Waals surface area contributed by atoms with Crippen molar-refractivity contribution in [3.8, 4) is 0 Å². The van der Waals surface area contributed by atoms with Gasteiger partial charge in [-0.3, -0.25) is 4.79 Å². The molecular weight excluding hydrogens is 290 g/mol. The van der Waals surface area contributed by atoms with E-state index in [0.717, 1.165) is 10.9 Å². The van der Waals surface area contributed by atoms with E-state index < -0.39 is 15.4 Å². The lowest BCUT2D eigenvalue weighted by Crippen LogP contribution is -2.46. The van der Waals surface area contributed by atoms with Crippen LogP contribution >= 0.6 is 0 Å². The van der Waals surface area contributed by atoms with E-state index in [0.29, 0.717) is 12.0 Å². The molecule has 0 bridgehead atoms. The van der Waals surface area contributed by atoms with Gasteiger partial charge in [-0.05, 0) is 31.9 Å². The van der Waals surface area contributed by atoms with Crippen molar-refractivity contribution in [3.05, 3.63) is 35.6 Å². The van der Waals surface area contributed by atoms with Gasteiger partial charge in [-0.1, -0.05) is 18.2 Å². The van der Waals surface area contributed by atoms with Gasteiger partial charge in [0.25, 0.3) is 5.91 Å². The van der Waals surface area contributed by atoms with Crippen LogP contribution in [0.25, 0.3) is 11.0 Å². The molecule has 1 N–H and O–H groups in total. The van der Waals surface area contributed by atoms with E-state index in [2.05, 4.69) is 5.32 Å². The van der Waals surface area contributed by atoms with E-state index in [-0.39, 0.29) is 23.2 Å². The zero-order valence-electron chi connectivity index (χ0n) is 12.0. The number of benzene rings is 1. The highest BCUT2D eigenvalue weighted by atomic mass is 32.2. The van der Waals surface area contributed by atoms with E-state index in [1.807, 2.05) is 25.1 Å². The third kappa shape index (κ3) is 2.68. The van der Waals surface area contributed by atoms with Crippen LogP contribution in [-0.2, 0) is 9.84 Å². The summed E-state index contributed by atoms with van der Waals surface area (Å²) in [6.07, 6.45) is 0.431. The summed E-state index contributed by atoms with van der Waals surface area (Å²) < 4.78 is 28.8. The fourth-order valence-electron chi connectivity index (χ4n) is 2.77. The van der Waals surface area contributed by atoms with Crippen LogP contribution in [0, 0.1) is 6.92 Å². The minimum Gasteiger partial charge on any atom is -0.451 e. The Morgan fingerprint density at radius 3 is 2.76 bits per heavy atom. The van der Waals surface area contributed by atoms with Gasteiger partial charge in [0.05, 0.1) is 17.0 Å². The van der Waals surface area contributed by atoms with Gasteiger partial charge >= 0.3 is 0 Å². The van der Waals surface area contributed by atoms with Crippen molar-refractivity contribution in [3.63, 3.8) is 0 Å². The number of para-hydroxylation sites is 1. The van der Waals surface area contributed by atoms with Crippen LogP contribution in [0.3, 0.4) is 0 Å². The maximum absolute atomic E-state index is 12.3. The second kappa shape index (κ2) is 4.59. The van der Waals surface area contributed by atoms with Gasteiger partial charge in [0.1, 0.15) is 5.58 Å². The van der Waals surface area contributed by atoms with Crippen molar-refractivity contribution in [2.75, 3.05) is 11.5 Å². The number of carbonyl (C=O) groups is 1. The maximum atomic E-state index is 12.3. The number of carbonyl (C=O) groups excluding carboxylic acids is 1. The average molecular weight is 307 g/mol. The van der Waals surface area contributed by atoms with E-state index in [9.17, 15) is 13.2 Å². The molecular formula is C15H17NO4S. The van der Waals surface area contributed by atoms with E-state index >= 15 is 0 Å². The van der Waals surface area contributed by atoms with E-state index in [4.69, 9.17) is 4.42 Å². The third-order valence-electron chi connectivity index (χ3n) is 3.88. The number of nitrogens with one attached hydrogen (secondary N) is 1. The van der Waals surface area contributed by atoms with Gasteiger partial charge < -0.3 is 9.73 Å². The largest absolute Gasteiger partial charge is 0.451 e. The molecule has 5 nitrogen and oxygen atoms in total. The number of hydrogen-bond donors (Lipinski definition) is 1. The summed E-state index contributed by atoms with van der Waals surface area (Å²) in [5, 5.41) is 3.66. The third-order valence-corrected chi connectivity index (χ3v) is 5.79. The Hall–Kier alpha value is -1.82. The number of rotatable bonds is 2. The summed E-state index contributed by atoms with van der Waals surface area (Å²) in [7, 11) is -3.06. The van der Waals surface area contributed by atoms with Crippen molar-refractivity contribution < 1.29 is 17.6 Å². The van der Waals surface area contributed by atoms with Crippen LogP contribution in [0.4, 0.5) is 0 Å². The highest BCUT2D eigenvalue weighted by Crippen LogP contribution is 2.26. The van der Waals surface area contributed by atoms with Gasteiger partial charge in [0, 0.05) is 5.39 Å². The summed E-state index contributed by atoms with van der Waals surface area (Å²) in [5.74, 6) is -0.0661. The minimum absolute atomic E-state index is 0.0228. The first-order chi connectivity index (χ1) is 9.78. The highest BCUT2D eigenvalue weighted by Gasteiger charge is 2.40. The van der Waals surface area contributed by atoms with Crippen molar-refractivity contribution >= 4 is 26.7 Å². The van der Waals surface area contributed by atoms with Crippen LogP contribution < -0.4 is 5.32 Å². The van der Waals surface area contributed by atoms with Gasteiger partial charge in [-0.25, -0.2) is 8.42 Å². The second-order valence-corrected chi connectivity index (χ2v) is 8.14. The number of hydrogen-bond acceptors (Lipinski definition) is 4.